The quantitative estimate of drug-likeness (QED) is 0.703. The molecule has 0 amide bonds. The lowest BCUT2D eigenvalue weighted by Crippen LogP contribution is -2.11. The highest BCUT2D eigenvalue weighted by atomic mass is 16.3. The van der Waals surface area contributed by atoms with Gasteiger partial charge in [-0.1, -0.05) is 67.2 Å². The summed E-state index contributed by atoms with van der Waals surface area (Å²) in [6, 6.07) is 20.8. The molecule has 0 heterocycles. The van der Waals surface area contributed by atoms with E-state index in [0.29, 0.717) is 0 Å². The van der Waals surface area contributed by atoms with Gasteiger partial charge in [0.1, 0.15) is 0 Å². The van der Waals surface area contributed by atoms with Gasteiger partial charge in [0.25, 0.3) is 0 Å². The largest absolute Gasteiger partial charge is 0.389 e. The van der Waals surface area contributed by atoms with Crippen LogP contribution in [0.25, 0.3) is 0 Å². The molecule has 0 saturated heterocycles. The van der Waals surface area contributed by atoms with Crippen molar-refractivity contribution in [2.45, 2.75) is 38.2 Å². The van der Waals surface area contributed by atoms with Crippen LogP contribution in [0.5, 0.6) is 0 Å². The molecule has 1 unspecified atom stereocenters. The number of aryl methyl sites for hydroxylation is 2. The molecule has 1 heteroatoms. The van der Waals surface area contributed by atoms with E-state index < -0.39 is 0 Å². The molecule has 0 aliphatic rings. The summed E-state index contributed by atoms with van der Waals surface area (Å²) < 4.78 is 0. The Labute approximate surface area is 128 Å². The monoisotopic (exact) mass is 280 g/mol. The van der Waals surface area contributed by atoms with Crippen molar-refractivity contribution in [3.63, 3.8) is 0 Å². The summed E-state index contributed by atoms with van der Waals surface area (Å²) in [4.78, 5) is 0. The lowest BCUT2D eigenvalue weighted by atomic mass is 9.97. The Morgan fingerprint density at radius 2 is 1.38 bits per heavy atom. The molecule has 2 rings (SSSR count). The van der Waals surface area contributed by atoms with Crippen molar-refractivity contribution in [3.8, 4) is 0 Å². The smallest absolute Gasteiger partial charge is 0.0750 e. The first kappa shape index (κ1) is 15.5. The standard InChI is InChI=1S/C20H24O/c1-17(9-8-14-18-10-4-2-5-11-18)20(21)16-15-19-12-6-3-7-13-19/h2-7,10-13,20-21H,1,8-9,14-16H2. The van der Waals surface area contributed by atoms with Crippen molar-refractivity contribution in [3.05, 3.63) is 83.9 Å². The molecule has 0 aliphatic carbocycles. The van der Waals surface area contributed by atoms with Crippen LogP contribution in [0.15, 0.2) is 72.8 Å². The van der Waals surface area contributed by atoms with Gasteiger partial charge in [0.2, 0.25) is 0 Å². The molecule has 0 aromatic heterocycles. The molecule has 2 aromatic rings. The first-order valence-electron chi connectivity index (χ1n) is 7.69. The average Bonchev–Trinajstić information content (AvgIpc) is 2.54. The van der Waals surface area contributed by atoms with Crippen molar-refractivity contribution >= 4 is 0 Å². The third kappa shape index (κ3) is 5.57. The minimum atomic E-state index is -0.388. The van der Waals surface area contributed by atoms with E-state index in [4.69, 9.17) is 0 Å². The van der Waals surface area contributed by atoms with E-state index in [-0.39, 0.29) is 6.10 Å². The van der Waals surface area contributed by atoms with Crippen molar-refractivity contribution in [2.75, 3.05) is 0 Å². The van der Waals surface area contributed by atoms with Gasteiger partial charge in [0.15, 0.2) is 0 Å². The molecular weight excluding hydrogens is 256 g/mol. The van der Waals surface area contributed by atoms with Crippen LogP contribution in [0.2, 0.25) is 0 Å². The van der Waals surface area contributed by atoms with Crippen LogP contribution in [-0.2, 0) is 12.8 Å². The summed E-state index contributed by atoms with van der Waals surface area (Å²) in [6.07, 6.45) is 4.26. The first-order valence-corrected chi connectivity index (χ1v) is 7.69. The Morgan fingerprint density at radius 3 is 1.95 bits per heavy atom. The normalized spacial score (nSPS) is 12.0. The summed E-state index contributed by atoms with van der Waals surface area (Å²) >= 11 is 0. The fraction of sp³-hybridized carbons (Fsp3) is 0.300. The number of rotatable bonds is 8. The summed E-state index contributed by atoms with van der Waals surface area (Å²) in [7, 11) is 0. The molecule has 0 aliphatic heterocycles. The lowest BCUT2D eigenvalue weighted by molar-refractivity contribution is 0.196. The Bertz CT molecular complexity index is 530. The molecule has 21 heavy (non-hydrogen) atoms. The molecule has 0 saturated carbocycles. The van der Waals surface area contributed by atoms with Crippen LogP contribution in [0, 0.1) is 0 Å². The molecular formula is C20H24O. The first-order chi connectivity index (χ1) is 10.3. The van der Waals surface area contributed by atoms with Gasteiger partial charge in [0, 0.05) is 0 Å². The highest BCUT2D eigenvalue weighted by molar-refractivity contribution is 5.16. The molecule has 0 spiro atoms. The van der Waals surface area contributed by atoms with Gasteiger partial charge in [-0.05, 0) is 48.8 Å². The van der Waals surface area contributed by atoms with Crippen LogP contribution in [0.4, 0.5) is 0 Å². The molecule has 1 atom stereocenters. The zero-order valence-electron chi connectivity index (χ0n) is 12.5. The van der Waals surface area contributed by atoms with Gasteiger partial charge >= 0.3 is 0 Å². The van der Waals surface area contributed by atoms with Crippen LogP contribution >= 0.6 is 0 Å². The third-order valence-electron chi connectivity index (χ3n) is 3.83. The SMILES string of the molecule is C=C(CCCc1ccccc1)C(O)CCc1ccccc1. The van der Waals surface area contributed by atoms with E-state index in [1.54, 1.807) is 0 Å². The zero-order chi connectivity index (χ0) is 14.9. The van der Waals surface area contributed by atoms with E-state index in [1.807, 2.05) is 24.3 Å². The maximum atomic E-state index is 10.2. The highest BCUT2D eigenvalue weighted by Crippen LogP contribution is 2.16. The summed E-state index contributed by atoms with van der Waals surface area (Å²) in [6.45, 7) is 4.05. The Hall–Kier alpha value is -1.86. The van der Waals surface area contributed by atoms with E-state index in [1.165, 1.54) is 11.1 Å². The zero-order valence-corrected chi connectivity index (χ0v) is 12.5. The van der Waals surface area contributed by atoms with E-state index >= 15 is 0 Å². The lowest BCUT2D eigenvalue weighted by Gasteiger charge is -2.14. The van der Waals surface area contributed by atoms with Crippen LogP contribution in [0.1, 0.15) is 30.4 Å². The Balaban J connectivity index is 1.68. The second-order valence-corrected chi connectivity index (χ2v) is 5.54. The maximum absolute atomic E-state index is 10.2. The highest BCUT2D eigenvalue weighted by Gasteiger charge is 2.08. The third-order valence-corrected chi connectivity index (χ3v) is 3.83. The molecule has 0 fully saturated rings. The van der Waals surface area contributed by atoms with Crippen molar-refractivity contribution in [1.82, 2.24) is 0 Å². The van der Waals surface area contributed by atoms with Gasteiger partial charge in [-0.15, -0.1) is 0 Å². The molecule has 1 N–H and O–H groups in total. The second kappa shape index (κ2) is 8.43. The summed E-state index contributed by atoms with van der Waals surface area (Å²) in [5, 5.41) is 10.2. The Kier molecular flexibility index (Phi) is 6.23. The molecule has 0 bridgehead atoms. The fourth-order valence-corrected chi connectivity index (χ4v) is 2.48. The maximum Gasteiger partial charge on any atom is 0.0750 e. The van der Waals surface area contributed by atoms with Gasteiger partial charge in [0.05, 0.1) is 6.10 Å². The van der Waals surface area contributed by atoms with Crippen molar-refractivity contribution < 1.29 is 5.11 Å². The van der Waals surface area contributed by atoms with E-state index in [9.17, 15) is 5.11 Å². The van der Waals surface area contributed by atoms with Gasteiger partial charge in [-0.2, -0.15) is 0 Å². The number of benzene rings is 2. The summed E-state index contributed by atoms with van der Waals surface area (Å²) in [5.74, 6) is 0. The van der Waals surface area contributed by atoms with E-state index in [0.717, 1.165) is 37.7 Å². The van der Waals surface area contributed by atoms with Gasteiger partial charge in [-0.3, -0.25) is 0 Å². The number of hydrogen-bond acceptors (Lipinski definition) is 1. The van der Waals surface area contributed by atoms with Crippen LogP contribution in [0.3, 0.4) is 0 Å². The fourth-order valence-electron chi connectivity index (χ4n) is 2.48. The topological polar surface area (TPSA) is 20.2 Å². The molecule has 0 radical (unpaired) electrons. The number of aliphatic hydroxyl groups excluding tert-OH is 1. The minimum Gasteiger partial charge on any atom is -0.389 e. The van der Waals surface area contributed by atoms with E-state index in [2.05, 4.69) is 43.0 Å². The average molecular weight is 280 g/mol. The molecule has 2 aromatic carbocycles. The van der Waals surface area contributed by atoms with Crippen LogP contribution in [-0.4, -0.2) is 11.2 Å². The minimum absolute atomic E-state index is 0.388. The molecule has 110 valence electrons. The second-order valence-electron chi connectivity index (χ2n) is 5.54. The summed E-state index contributed by atoms with van der Waals surface area (Å²) in [5.41, 5.74) is 3.58. The van der Waals surface area contributed by atoms with Gasteiger partial charge < -0.3 is 5.11 Å². The molecule has 1 nitrogen and oxygen atoms in total. The number of aliphatic hydroxyl groups is 1. The van der Waals surface area contributed by atoms with Crippen LogP contribution < -0.4 is 0 Å². The van der Waals surface area contributed by atoms with Gasteiger partial charge in [-0.25, -0.2) is 0 Å². The predicted molar refractivity (Wildman–Crippen MR) is 89.3 cm³/mol. The van der Waals surface area contributed by atoms with Crippen molar-refractivity contribution in [1.29, 1.82) is 0 Å². The predicted octanol–water partition coefficient (Wildman–Crippen LogP) is 4.56. The Morgan fingerprint density at radius 1 is 0.857 bits per heavy atom. The number of hydrogen-bond donors (Lipinski definition) is 1. The van der Waals surface area contributed by atoms with Crippen molar-refractivity contribution in [2.24, 2.45) is 0 Å².